The van der Waals surface area contributed by atoms with Gasteiger partial charge in [-0.2, -0.15) is 0 Å². The van der Waals surface area contributed by atoms with Crippen LogP contribution in [0.3, 0.4) is 0 Å². The summed E-state index contributed by atoms with van der Waals surface area (Å²) in [4.78, 5) is 4.74. The van der Waals surface area contributed by atoms with E-state index in [1.54, 1.807) is 31.4 Å². The number of nitrogens with zero attached hydrogens (tertiary/aromatic N) is 4. The van der Waals surface area contributed by atoms with E-state index < -0.39 is 0 Å². The zero-order chi connectivity index (χ0) is 18.8. The van der Waals surface area contributed by atoms with Gasteiger partial charge in [-0.15, -0.1) is 10.2 Å². The predicted octanol–water partition coefficient (Wildman–Crippen LogP) is 5.44. The Kier molecular flexibility index (Phi) is 4.30. The van der Waals surface area contributed by atoms with Crippen molar-refractivity contribution in [2.45, 2.75) is 6.92 Å². The summed E-state index contributed by atoms with van der Waals surface area (Å²) in [6.45, 7) is 2.02. The molecule has 0 saturated carbocycles. The number of azo groups is 1. The summed E-state index contributed by atoms with van der Waals surface area (Å²) >= 11 is 0. The lowest BCUT2D eigenvalue weighted by atomic mass is 10.1. The number of aromatic hydroxyl groups is 1. The second-order valence-electron chi connectivity index (χ2n) is 6.14. The van der Waals surface area contributed by atoms with E-state index in [1.807, 2.05) is 53.9 Å². The minimum atomic E-state index is 0.144. The molecular weight excluding hydrogens is 340 g/mol. The van der Waals surface area contributed by atoms with Crippen molar-refractivity contribution in [2.24, 2.45) is 10.2 Å². The van der Waals surface area contributed by atoms with Gasteiger partial charge in [-0.05, 0) is 43.3 Å². The zero-order valence-corrected chi connectivity index (χ0v) is 15.0. The highest BCUT2D eigenvalue weighted by Gasteiger charge is 2.17. The molecule has 0 amide bonds. The Hall–Kier alpha value is -3.67. The van der Waals surface area contributed by atoms with Crippen molar-refractivity contribution in [3.05, 3.63) is 72.4 Å². The molecule has 2 aromatic heterocycles. The number of rotatable bonds is 4. The maximum absolute atomic E-state index is 9.64. The summed E-state index contributed by atoms with van der Waals surface area (Å²) in [5, 5.41) is 18.4. The van der Waals surface area contributed by atoms with Crippen molar-refractivity contribution in [2.75, 3.05) is 7.11 Å². The van der Waals surface area contributed by atoms with E-state index in [2.05, 4.69) is 10.2 Å². The lowest BCUT2D eigenvalue weighted by Crippen LogP contribution is -1.89. The monoisotopic (exact) mass is 358 g/mol. The number of hydrogen-bond donors (Lipinski definition) is 1. The predicted molar refractivity (Wildman–Crippen MR) is 104 cm³/mol. The van der Waals surface area contributed by atoms with Gasteiger partial charge in [0, 0.05) is 17.8 Å². The van der Waals surface area contributed by atoms with Crippen LogP contribution in [-0.4, -0.2) is 21.6 Å². The standard InChI is InChI=1S/C21H18N4O2/c1-14-9-10-18(27-2)17(12-14)20-21(25-11-4-3-8-19(25)22-20)24-23-15-6-5-7-16(26)13-15/h3-13,26H,1-2H3. The molecule has 0 aliphatic carbocycles. The van der Waals surface area contributed by atoms with Gasteiger partial charge in [0.1, 0.15) is 22.8 Å². The average Bonchev–Trinajstić information content (AvgIpc) is 3.05. The molecule has 6 heteroatoms. The van der Waals surface area contributed by atoms with Crippen molar-refractivity contribution in [3.63, 3.8) is 0 Å². The fraction of sp³-hybridized carbons (Fsp3) is 0.0952. The smallest absolute Gasteiger partial charge is 0.187 e. The fourth-order valence-electron chi connectivity index (χ4n) is 2.93. The van der Waals surface area contributed by atoms with Gasteiger partial charge in [-0.25, -0.2) is 4.98 Å². The first-order valence-corrected chi connectivity index (χ1v) is 8.48. The molecule has 4 aromatic rings. The van der Waals surface area contributed by atoms with Crippen LogP contribution >= 0.6 is 0 Å². The molecule has 0 radical (unpaired) electrons. The lowest BCUT2D eigenvalue weighted by Gasteiger charge is -2.08. The third-order valence-corrected chi connectivity index (χ3v) is 4.20. The van der Waals surface area contributed by atoms with E-state index in [9.17, 15) is 5.11 Å². The van der Waals surface area contributed by atoms with Crippen molar-refractivity contribution >= 4 is 17.2 Å². The summed E-state index contributed by atoms with van der Waals surface area (Å²) in [6.07, 6.45) is 1.89. The number of phenols is 1. The number of imidazole rings is 1. The molecule has 1 N–H and O–H groups in total. The Morgan fingerprint density at radius 3 is 2.70 bits per heavy atom. The maximum Gasteiger partial charge on any atom is 0.187 e. The van der Waals surface area contributed by atoms with Crippen molar-refractivity contribution < 1.29 is 9.84 Å². The molecule has 0 bridgehead atoms. The summed E-state index contributed by atoms with van der Waals surface area (Å²) in [6, 6.07) is 18.3. The van der Waals surface area contributed by atoms with Gasteiger partial charge in [0.25, 0.3) is 0 Å². The number of benzene rings is 2. The maximum atomic E-state index is 9.64. The van der Waals surface area contributed by atoms with Crippen LogP contribution in [0.15, 0.2) is 77.1 Å². The van der Waals surface area contributed by atoms with Crippen LogP contribution in [0.5, 0.6) is 11.5 Å². The Morgan fingerprint density at radius 2 is 1.89 bits per heavy atom. The Balaban J connectivity index is 1.92. The number of phenolic OH excluding ortho intramolecular Hbond substituents is 1. The summed E-state index contributed by atoms with van der Waals surface area (Å²) < 4.78 is 7.41. The number of hydrogen-bond acceptors (Lipinski definition) is 5. The van der Waals surface area contributed by atoms with Gasteiger partial charge in [-0.3, -0.25) is 4.40 Å². The van der Waals surface area contributed by atoms with Crippen LogP contribution in [0.1, 0.15) is 5.56 Å². The fourth-order valence-corrected chi connectivity index (χ4v) is 2.93. The third kappa shape index (κ3) is 3.25. The van der Waals surface area contributed by atoms with Crippen molar-refractivity contribution in [3.8, 4) is 22.8 Å². The summed E-state index contributed by atoms with van der Waals surface area (Å²) in [7, 11) is 1.64. The minimum Gasteiger partial charge on any atom is -0.508 e. The molecule has 0 atom stereocenters. The molecule has 4 rings (SSSR count). The van der Waals surface area contributed by atoms with Crippen LogP contribution in [-0.2, 0) is 0 Å². The molecule has 2 aromatic carbocycles. The van der Waals surface area contributed by atoms with E-state index in [-0.39, 0.29) is 5.75 Å². The van der Waals surface area contributed by atoms with E-state index in [4.69, 9.17) is 9.72 Å². The number of pyridine rings is 1. The molecular formula is C21H18N4O2. The number of methoxy groups -OCH3 is 1. The molecule has 0 spiro atoms. The van der Waals surface area contributed by atoms with Crippen LogP contribution in [0.2, 0.25) is 0 Å². The van der Waals surface area contributed by atoms with Gasteiger partial charge < -0.3 is 9.84 Å². The van der Waals surface area contributed by atoms with Crippen LogP contribution in [0.4, 0.5) is 11.5 Å². The zero-order valence-electron chi connectivity index (χ0n) is 15.0. The van der Waals surface area contributed by atoms with Crippen molar-refractivity contribution in [1.82, 2.24) is 9.38 Å². The SMILES string of the molecule is COc1ccc(C)cc1-c1nc2ccccn2c1N=Nc1cccc(O)c1. The first-order valence-electron chi connectivity index (χ1n) is 8.48. The van der Waals surface area contributed by atoms with E-state index in [1.165, 1.54) is 0 Å². The quantitative estimate of drug-likeness (QED) is 0.494. The van der Waals surface area contributed by atoms with Gasteiger partial charge >= 0.3 is 0 Å². The number of aromatic nitrogens is 2. The molecule has 2 heterocycles. The Labute approximate surface area is 156 Å². The van der Waals surface area contributed by atoms with E-state index in [0.717, 1.165) is 22.5 Å². The lowest BCUT2D eigenvalue weighted by molar-refractivity contribution is 0.416. The van der Waals surface area contributed by atoms with Gasteiger partial charge in [-0.1, -0.05) is 23.8 Å². The van der Waals surface area contributed by atoms with Gasteiger partial charge in [0.15, 0.2) is 5.82 Å². The molecule has 134 valence electrons. The molecule has 0 saturated heterocycles. The highest BCUT2D eigenvalue weighted by molar-refractivity contribution is 5.79. The van der Waals surface area contributed by atoms with Crippen LogP contribution in [0.25, 0.3) is 16.9 Å². The first kappa shape index (κ1) is 16.8. The molecule has 0 aliphatic rings. The molecule has 27 heavy (non-hydrogen) atoms. The first-order chi connectivity index (χ1) is 13.2. The molecule has 0 fully saturated rings. The summed E-state index contributed by atoms with van der Waals surface area (Å²) in [5.41, 5.74) is 3.96. The van der Waals surface area contributed by atoms with Crippen LogP contribution < -0.4 is 4.74 Å². The third-order valence-electron chi connectivity index (χ3n) is 4.20. The number of aryl methyl sites for hydroxylation is 1. The van der Waals surface area contributed by atoms with Gasteiger partial charge in [0.2, 0.25) is 0 Å². The Bertz CT molecular complexity index is 1150. The molecule has 0 unspecified atom stereocenters. The molecule has 6 nitrogen and oxygen atoms in total. The summed E-state index contributed by atoms with van der Waals surface area (Å²) in [5.74, 6) is 1.46. The topological polar surface area (TPSA) is 71.5 Å². The normalized spacial score (nSPS) is 11.3. The minimum absolute atomic E-state index is 0.144. The second-order valence-corrected chi connectivity index (χ2v) is 6.14. The number of fused-ring (bicyclic) bond motifs is 1. The second kappa shape index (κ2) is 6.92. The largest absolute Gasteiger partial charge is 0.508 e. The van der Waals surface area contributed by atoms with Crippen LogP contribution in [0, 0.1) is 6.92 Å². The number of ether oxygens (including phenoxy) is 1. The molecule has 0 aliphatic heterocycles. The highest BCUT2D eigenvalue weighted by Crippen LogP contribution is 2.38. The van der Waals surface area contributed by atoms with Gasteiger partial charge in [0.05, 0.1) is 12.8 Å². The Morgan fingerprint density at radius 1 is 1.00 bits per heavy atom. The van der Waals surface area contributed by atoms with Crippen molar-refractivity contribution in [1.29, 1.82) is 0 Å². The van der Waals surface area contributed by atoms with E-state index in [0.29, 0.717) is 17.2 Å². The highest BCUT2D eigenvalue weighted by atomic mass is 16.5. The van der Waals surface area contributed by atoms with E-state index >= 15 is 0 Å². The average molecular weight is 358 g/mol.